The highest BCUT2D eigenvalue weighted by Gasteiger charge is 2.25. The van der Waals surface area contributed by atoms with Crippen molar-refractivity contribution in [3.05, 3.63) is 0 Å². The van der Waals surface area contributed by atoms with Gasteiger partial charge < -0.3 is 10.5 Å². The largest absolute Gasteiger partial charge is 0.378 e. The van der Waals surface area contributed by atoms with Gasteiger partial charge in [-0.15, -0.1) is 0 Å². The van der Waals surface area contributed by atoms with E-state index in [-0.39, 0.29) is 0 Å². The van der Waals surface area contributed by atoms with E-state index in [1.54, 1.807) is 0 Å². The van der Waals surface area contributed by atoms with Crippen LogP contribution in [-0.4, -0.2) is 18.8 Å². The van der Waals surface area contributed by atoms with Crippen LogP contribution in [0.25, 0.3) is 0 Å². The summed E-state index contributed by atoms with van der Waals surface area (Å²) in [4.78, 5) is 0. The molecule has 100 valence electrons. The Hall–Kier alpha value is -0.0800. The fourth-order valence-corrected chi connectivity index (χ4v) is 3.57. The molecule has 0 heterocycles. The van der Waals surface area contributed by atoms with Gasteiger partial charge in [0, 0.05) is 12.6 Å². The van der Waals surface area contributed by atoms with Crippen LogP contribution >= 0.6 is 0 Å². The number of hydrogen-bond donors (Lipinski definition) is 1. The van der Waals surface area contributed by atoms with Crippen molar-refractivity contribution in [1.82, 2.24) is 0 Å². The van der Waals surface area contributed by atoms with Crippen LogP contribution in [0.1, 0.15) is 64.7 Å². The SMILES string of the molecule is CCC1CCCC(OCCC2CCCC2N)C1. The van der Waals surface area contributed by atoms with Crippen molar-refractivity contribution in [3.63, 3.8) is 0 Å². The summed E-state index contributed by atoms with van der Waals surface area (Å²) in [6.07, 6.45) is 12.3. The van der Waals surface area contributed by atoms with E-state index in [0.717, 1.165) is 18.4 Å². The molecule has 2 aliphatic carbocycles. The van der Waals surface area contributed by atoms with Gasteiger partial charge in [-0.3, -0.25) is 0 Å². The highest BCUT2D eigenvalue weighted by molar-refractivity contribution is 4.80. The van der Waals surface area contributed by atoms with Crippen LogP contribution in [0.3, 0.4) is 0 Å². The molecule has 0 aromatic heterocycles. The van der Waals surface area contributed by atoms with Crippen LogP contribution in [0.15, 0.2) is 0 Å². The van der Waals surface area contributed by atoms with E-state index in [1.165, 1.54) is 57.8 Å². The predicted molar refractivity (Wildman–Crippen MR) is 71.9 cm³/mol. The maximum atomic E-state index is 6.09. The van der Waals surface area contributed by atoms with Crippen molar-refractivity contribution in [2.75, 3.05) is 6.61 Å². The zero-order valence-corrected chi connectivity index (χ0v) is 11.4. The average molecular weight is 239 g/mol. The molecule has 0 spiro atoms. The standard InChI is InChI=1S/C15H29NO/c1-2-12-5-3-7-14(11-12)17-10-9-13-6-4-8-15(13)16/h12-15H,2-11,16H2,1H3. The van der Waals surface area contributed by atoms with Gasteiger partial charge in [-0.05, 0) is 43.9 Å². The maximum absolute atomic E-state index is 6.09. The Morgan fingerprint density at radius 3 is 2.65 bits per heavy atom. The smallest absolute Gasteiger partial charge is 0.0577 e. The Morgan fingerprint density at radius 2 is 1.94 bits per heavy atom. The van der Waals surface area contributed by atoms with Crippen LogP contribution < -0.4 is 5.73 Å². The molecule has 2 fully saturated rings. The van der Waals surface area contributed by atoms with Crippen molar-refractivity contribution < 1.29 is 4.74 Å². The molecular weight excluding hydrogens is 210 g/mol. The lowest BCUT2D eigenvalue weighted by atomic mass is 9.85. The Morgan fingerprint density at radius 1 is 1.12 bits per heavy atom. The lowest BCUT2D eigenvalue weighted by Gasteiger charge is -2.29. The maximum Gasteiger partial charge on any atom is 0.0577 e. The zero-order chi connectivity index (χ0) is 12.1. The minimum absolute atomic E-state index is 0.452. The summed E-state index contributed by atoms with van der Waals surface area (Å²) < 4.78 is 6.07. The zero-order valence-electron chi connectivity index (χ0n) is 11.4. The molecule has 4 atom stereocenters. The molecule has 0 saturated heterocycles. The van der Waals surface area contributed by atoms with Gasteiger partial charge in [0.2, 0.25) is 0 Å². The van der Waals surface area contributed by atoms with Gasteiger partial charge >= 0.3 is 0 Å². The van der Waals surface area contributed by atoms with Crippen molar-refractivity contribution in [1.29, 1.82) is 0 Å². The highest BCUT2D eigenvalue weighted by Crippen LogP contribution is 2.30. The van der Waals surface area contributed by atoms with E-state index in [0.29, 0.717) is 12.1 Å². The summed E-state index contributed by atoms with van der Waals surface area (Å²) in [6, 6.07) is 0.452. The molecule has 2 saturated carbocycles. The van der Waals surface area contributed by atoms with Gasteiger partial charge in [-0.1, -0.05) is 32.6 Å². The average Bonchev–Trinajstić information content (AvgIpc) is 2.76. The van der Waals surface area contributed by atoms with E-state index in [4.69, 9.17) is 10.5 Å². The quantitative estimate of drug-likeness (QED) is 0.797. The van der Waals surface area contributed by atoms with Gasteiger partial charge in [0.15, 0.2) is 0 Å². The molecule has 17 heavy (non-hydrogen) atoms. The van der Waals surface area contributed by atoms with Crippen LogP contribution in [0.2, 0.25) is 0 Å². The molecule has 0 radical (unpaired) electrons. The summed E-state index contributed by atoms with van der Waals surface area (Å²) in [7, 11) is 0. The van der Waals surface area contributed by atoms with E-state index in [2.05, 4.69) is 6.92 Å². The second-order valence-electron chi connectivity index (χ2n) is 6.08. The topological polar surface area (TPSA) is 35.2 Å². The van der Waals surface area contributed by atoms with E-state index in [9.17, 15) is 0 Å². The van der Waals surface area contributed by atoms with E-state index >= 15 is 0 Å². The summed E-state index contributed by atoms with van der Waals surface area (Å²) in [6.45, 7) is 3.25. The van der Waals surface area contributed by atoms with Gasteiger partial charge in [0.1, 0.15) is 0 Å². The van der Waals surface area contributed by atoms with Crippen LogP contribution in [0.5, 0.6) is 0 Å². The monoisotopic (exact) mass is 239 g/mol. The number of ether oxygens (including phenoxy) is 1. The highest BCUT2D eigenvalue weighted by atomic mass is 16.5. The molecule has 0 aromatic rings. The lowest BCUT2D eigenvalue weighted by Crippen LogP contribution is -2.27. The van der Waals surface area contributed by atoms with Gasteiger partial charge in [-0.2, -0.15) is 0 Å². The Labute approximate surface area is 106 Å². The molecular formula is C15H29NO. The van der Waals surface area contributed by atoms with Crippen LogP contribution in [0, 0.1) is 11.8 Å². The number of nitrogens with two attached hydrogens (primary N) is 1. The van der Waals surface area contributed by atoms with Crippen molar-refractivity contribution in [2.45, 2.75) is 76.9 Å². The molecule has 0 bridgehead atoms. The second kappa shape index (κ2) is 6.75. The first-order valence-electron chi connectivity index (χ1n) is 7.66. The van der Waals surface area contributed by atoms with Gasteiger partial charge in [0.05, 0.1) is 6.10 Å². The minimum Gasteiger partial charge on any atom is -0.378 e. The molecule has 2 rings (SSSR count). The van der Waals surface area contributed by atoms with Crippen molar-refractivity contribution in [2.24, 2.45) is 17.6 Å². The third-order valence-electron chi connectivity index (χ3n) is 4.87. The van der Waals surface area contributed by atoms with Crippen LogP contribution in [-0.2, 0) is 4.74 Å². The molecule has 2 nitrogen and oxygen atoms in total. The van der Waals surface area contributed by atoms with E-state index in [1.807, 2.05) is 0 Å². The molecule has 0 amide bonds. The lowest BCUT2D eigenvalue weighted by molar-refractivity contribution is 0.00597. The fraction of sp³-hybridized carbons (Fsp3) is 1.00. The molecule has 2 aliphatic rings. The molecule has 4 unspecified atom stereocenters. The fourth-order valence-electron chi connectivity index (χ4n) is 3.57. The molecule has 2 heteroatoms. The van der Waals surface area contributed by atoms with Crippen molar-refractivity contribution in [3.8, 4) is 0 Å². The van der Waals surface area contributed by atoms with E-state index < -0.39 is 0 Å². The summed E-state index contributed by atoms with van der Waals surface area (Å²) in [5.41, 5.74) is 6.09. The Bertz CT molecular complexity index is 219. The van der Waals surface area contributed by atoms with Gasteiger partial charge in [-0.25, -0.2) is 0 Å². The summed E-state index contributed by atoms with van der Waals surface area (Å²) in [5, 5.41) is 0. The molecule has 0 aliphatic heterocycles. The first kappa shape index (κ1) is 13.4. The Balaban J connectivity index is 1.61. The molecule has 0 aromatic carbocycles. The third-order valence-corrected chi connectivity index (χ3v) is 4.87. The molecule has 2 N–H and O–H groups in total. The Kier molecular flexibility index (Phi) is 5.30. The number of hydrogen-bond acceptors (Lipinski definition) is 2. The number of rotatable bonds is 5. The first-order chi connectivity index (χ1) is 8.29. The van der Waals surface area contributed by atoms with Gasteiger partial charge in [0.25, 0.3) is 0 Å². The van der Waals surface area contributed by atoms with Crippen LogP contribution in [0.4, 0.5) is 0 Å². The second-order valence-corrected chi connectivity index (χ2v) is 6.08. The summed E-state index contributed by atoms with van der Waals surface area (Å²) >= 11 is 0. The minimum atomic E-state index is 0.452. The first-order valence-corrected chi connectivity index (χ1v) is 7.66. The predicted octanol–water partition coefficient (Wildman–Crippen LogP) is 3.49. The normalized spacial score (nSPS) is 38.5. The van der Waals surface area contributed by atoms with Crippen molar-refractivity contribution >= 4 is 0 Å². The summed E-state index contributed by atoms with van der Waals surface area (Å²) in [5.74, 6) is 1.66. The third kappa shape index (κ3) is 3.96.